The topological polar surface area (TPSA) is 44.4 Å². The molecule has 0 aromatic carbocycles. The fourth-order valence-corrected chi connectivity index (χ4v) is 3.56. The van der Waals surface area contributed by atoms with Gasteiger partial charge in [0, 0.05) is 24.7 Å². The van der Waals surface area contributed by atoms with Crippen molar-refractivity contribution in [2.75, 3.05) is 19.6 Å². The third kappa shape index (κ3) is 4.45. The third-order valence-electron chi connectivity index (χ3n) is 4.53. The van der Waals surface area contributed by atoms with Crippen LogP contribution in [-0.4, -0.2) is 48.6 Å². The number of rotatable bonds is 7. The van der Waals surface area contributed by atoms with Gasteiger partial charge in [-0.1, -0.05) is 20.8 Å². The molecule has 0 aliphatic carbocycles. The van der Waals surface area contributed by atoms with Crippen LogP contribution in [-0.2, 0) is 4.79 Å². The van der Waals surface area contributed by atoms with Gasteiger partial charge in [-0.15, -0.1) is 0 Å². The van der Waals surface area contributed by atoms with Crippen molar-refractivity contribution in [1.29, 1.82) is 0 Å². The van der Waals surface area contributed by atoms with E-state index in [2.05, 4.69) is 36.3 Å². The van der Waals surface area contributed by atoms with Crippen molar-refractivity contribution in [3.8, 4) is 0 Å². The second-order valence-electron chi connectivity index (χ2n) is 6.93. The van der Waals surface area contributed by atoms with Crippen LogP contribution in [0, 0.1) is 5.92 Å². The minimum Gasteiger partial charge on any atom is -0.355 e. The fourth-order valence-electron chi connectivity index (χ4n) is 3.56. The molecule has 2 bridgehead atoms. The zero-order chi connectivity index (χ0) is 14.5. The lowest BCUT2D eigenvalue weighted by Crippen LogP contribution is -2.51. The molecule has 20 heavy (non-hydrogen) atoms. The number of nitrogens with zero attached hydrogens (tertiary/aromatic N) is 1. The molecule has 2 unspecified atom stereocenters. The van der Waals surface area contributed by atoms with Gasteiger partial charge in [-0.05, 0) is 44.6 Å². The Labute approximate surface area is 123 Å². The van der Waals surface area contributed by atoms with E-state index in [0.29, 0.717) is 30.6 Å². The Morgan fingerprint density at radius 1 is 1.30 bits per heavy atom. The lowest BCUT2D eigenvalue weighted by atomic mass is 9.98. The molecule has 2 atom stereocenters. The average Bonchev–Trinajstić information content (AvgIpc) is 2.74. The summed E-state index contributed by atoms with van der Waals surface area (Å²) in [6.07, 6.45) is 6.19. The number of fused-ring (bicyclic) bond motifs is 2. The molecule has 2 N–H and O–H groups in total. The van der Waals surface area contributed by atoms with Crippen molar-refractivity contribution in [2.45, 2.75) is 71.0 Å². The molecule has 1 amide bonds. The minimum absolute atomic E-state index is 0.193. The molecule has 116 valence electrons. The molecule has 2 saturated heterocycles. The summed E-state index contributed by atoms with van der Waals surface area (Å²) in [6.45, 7) is 8.87. The lowest BCUT2D eigenvalue weighted by Gasteiger charge is -2.37. The Bertz CT molecular complexity index is 307. The smallest absolute Gasteiger partial charge is 0.234 e. The normalized spacial score (nSPS) is 29.1. The number of hydrogen-bond acceptors (Lipinski definition) is 3. The predicted octanol–water partition coefficient (Wildman–Crippen LogP) is 1.75. The summed E-state index contributed by atoms with van der Waals surface area (Å²) < 4.78 is 0. The van der Waals surface area contributed by atoms with Gasteiger partial charge in [0.25, 0.3) is 0 Å². The highest BCUT2D eigenvalue weighted by molar-refractivity contribution is 5.78. The highest BCUT2D eigenvalue weighted by atomic mass is 16.2. The summed E-state index contributed by atoms with van der Waals surface area (Å²) in [5, 5.41) is 6.74. The van der Waals surface area contributed by atoms with Crippen LogP contribution in [0.5, 0.6) is 0 Å². The fraction of sp³-hybridized carbons (Fsp3) is 0.938. The van der Waals surface area contributed by atoms with E-state index < -0.39 is 0 Å². The number of amides is 1. The first-order chi connectivity index (χ1) is 9.58. The van der Waals surface area contributed by atoms with Crippen LogP contribution in [0.3, 0.4) is 0 Å². The van der Waals surface area contributed by atoms with Gasteiger partial charge in [-0.2, -0.15) is 0 Å². The molecule has 0 radical (unpaired) electrons. The summed E-state index contributed by atoms with van der Waals surface area (Å²) in [6, 6.07) is 1.98. The van der Waals surface area contributed by atoms with Gasteiger partial charge in [-0.25, -0.2) is 0 Å². The van der Waals surface area contributed by atoms with E-state index in [1.807, 2.05) is 0 Å². The maximum Gasteiger partial charge on any atom is 0.234 e. The Kier molecular flexibility index (Phi) is 5.85. The summed E-state index contributed by atoms with van der Waals surface area (Å²) in [4.78, 5) is 14.5. The van der Waals surface area contributed by atoms with Crippen LogP contribution >= 0.6 is 0 Å². The number of carbonyl (C=O) groups excluding carboxylic acids is 1. The molecule has 4 nitrogen and oxygen atoms in total. The number of hydrogen-bond donors (Lipinski definition) is 2. The SMILES string of the molecule is CCCN(CC(=O)NCC(C)C)C1CC2CCC(C1)N2. The van der Waals surface area contributed by atoms with E-state index in [4.69, 9.17) is 0 Å². The van der Waals surface area contributed by atoms with Crippen LogP contribution in [0.25, 0.3) is 0 Å². The molecule has 2 aliphatic heterocycles. The van der Waals surface area contributed by atoms with Gasteiger partial charge in [0.05, 0.1) is 6.54 Å². The predicted molar refractivity (Wildman–Crippen MR) is 82.7 cm³/mol. The maximum absolute atomic E-state index is 12.1. The maximum atomic E-state index is 12.1. The Morgan fingerprint density at radius 3 is 2.50 bits per heavy atom. The van der Waals surface area contributed by atoms with Gasteiger partial charge in [-0.3, -0.25) is 9.69 Å². The van der Waals surface area contributed by atoms with Crippen LogP contribution in [0.2, 0.25) is 0 Å². The summed E-state index contributed by atoms with van der Waals surface area (Å²) in [5.74, 6) is 0.714. The Balaban J connectivity index is 1.84. The first-order valence-electron chi connectivity index (χ1n) is 8.35. The van der Waals surface area contributed by atoms with Gasteiger partial charge in [0.1, 0.15) is 0 Å². The monoisotopic (exact) mass is 281 g/mol. The molecular formula is C16H31N3O. The van der Waals surface area contributed by atoms with Crippen molar-refractivity contribution in [3.63, 3.8) is 0 Å². The standard InChI is InChI=1S/C16H31N3O/c1-4-7-19(11-16(20)17-10-12(2)3)15-8-13-5-6-14(9-15)18-13/h12-15,18H,4-11H2,1-3H3,(H,17,20). The van der Waals surface area contributed by atoms with Crippen LogP contribution in [0.15, 0.2) is 0 Å². The zero-order valence-corrected chi connectivity index (χ0v) is 13.3. The van der Waals surface area contributed by atoms with E-state index in [-0.39, 0.29) is 5.91 Å². The second-order valence-corrected chi connectivity index (χ2v) is 6.93. The number of piperidine rings is 1. The summed E-state index contributed by atoms with van der Waals surface area (Å²) >= 11 is 0. The summed E-state index contributed by atoms with van der Waals surface area (Å²) in [7, 11) is 0. The van der Waals surface area contributed by atoms with Gasteiger partial charge in [0.15, 0.2) is 0 Å². The van der Waals surface area contributed by atoms with Crippen molar-refractivity contribution in [1.82, 2.24) is 15.5 Å². The van der Waals surface area contributed by atoms with Crippen molar-refractivity contribution in [3.05, 3.63) is 0 Å². The molecule has 0 aromatic heterocycles. The van der Waals surface area contributed by atoms with Crippen LogP contribution in [0.4, 0.5) is 0 Å². The van der Waals surface area contributed by atoms with Crippen molar-refractivity contribution >= 4 is 5.91 Å². The largest absolute Gasteiger partial charge is 0.355 e. The molecule has 4 heteroatoms. The van der Waals surface area contributed by atoms with E-state index >= 15 is 0 Å². The molecule has 2 rings (SSSR count). The number of carbonyl (C=O) groups is 1. The Hall–Kier alpha value is -0.610. The average molecular weight is 281 g/mol. The molecule has 0 aromatic rings. The zero-order valence-electron chi connectivity index (χ0n) is 13.3. The van der Waals surface area contributed by atoms with E-state index in [9.17, 15) is 4.79 Å². The lowest BCUT2D eigenvalue weighted by molar-refractivity contribution is -0.123. The van der Waals surface area contributed by atoms with Crippen LogP contribution < -0.4 is 10.6 Å². The van der Waals surface area contributed by atoms with Gasteiger partial charge < -0.3 is 10.6 Å². The molecule has 2 heterocycles. The number of nitrogens with one attached hydrogen (secondary N) is 2. The van der Waals surface area contributed by atoms with E-state index in [1.54, 1.807) is 0 Å². The van der Waals surface area contributed by atoms with E-state index in [0.717, 1.165) is 19.5 Å². The van der Waals surface area contributed by atoms with Gasteiger partial charge >= 0.3 is 0 Å². The molecule has 0 saturated carbocycles. The molecule has 2 fully saturated rings. The van der Waals surface area contributed by atoms with Gasteiger partial charge in [0.2, 0.25) is 5.91 Å². The summed E-state index contributed by atoms with van der Waals surface area (Å²) in [5.41, 5.74) is 0. The van der Waals surface area contributed by atoms with E-state index in [1.165, 1.54) is 25.7 Å². The first kappa shape index (κ1) is 15.8. The second kappa shape index (κ2) is 7.41. The molecular weight excluding hydrogens is 250 g/mol. The van der Waals surface area contributed by atoms with Crippen molar-refractivity contribution < 1.29 is 4.79 Å². The van der Waals surface area contributed by atoms with Crippen molar-refractivity contribution in [2.24, 2.45) is 5.92 Å². The first-order valence-corrected chi connectivity index (χ1v) is 8.35. The quantitative estimate of drug-likeness (QED) is 0.747. The third-order valence-corrected chi connectivity index (χ3v) is 4.53. The molecule has 0 spiro atoms. The highest BCUT2D eigenvalue weighted by Gasteiger charge is 2.36. The van der Waals surface area contributed by atoms with Crippen LogP contribution in [0.1, 0.15) is 52.9 Å². The Morgan fingerprint density at radius 2 is 1.95 bits per heavy atom. The molecule has 2 aliphatic rings. The highest BCUT2D eigenvalue weighted by Crippen LogP contribution is 2.29. The minimum atomic E-state index is 0.193.